The number of amides is 1. The zero-order valence-electron chi connectivity index (χ0n) is 14.3. The zero-order chi connectivity index (χ0) is 18.1. The topological polar surface area (TPSA) is 66.9 Å². The number of hydrogen-bond acceptors (Lipinski definition) is 4. The molecule has 8 heteroatoms. The summed E-state index contributed by atoms with van der Waals surface area (Å²) in [6.45, 7) is 3.71. The van der Waals surface area contributed by atoms with Crippen molar-refractivity contribution >= 4 is 27.5 Å². The van der Waals surface area contributed by atoms with Crippen LogP contribution in [-0.2, 0) is 19.6 Å². The smallest absolute Gasteiger partial charge is 0.245 e. The van der Waals surface area contributed by atoms with Gasteiger partial charge >= 0.3 is 0 Å². The molecule has 2 saturated heterocycles. The van der Waals surface area contributed by atoms with Gasteiger partial charge in [-0.3, -0.25) is 4.79 Å². The minimum Gasteiger partial charge on any atom is -0.358 e. The molecule has 0 radical (unpaired) electrons. The van der Waals surface area contributed by atoms with Crippen LogP contribution in [0.1, 0.15) is 32.6 Å². The summed E-state index contributed by atoms with van der Waals surface area (Å²) in [6.07, 6.45) is 2.33. The highest BCUT2D eigenvalue weighted by atomic mass is 35.5. The molecule has 2 heterocycles. The second-order valence-electron chi connectivity index (χ2n) is 6.46. The molecule has 138 valence electrons. The molecule has 0 N–H and O–H groups in total. The Morgan fingerprint density at radius 2 is 1.84 bits per heavy atom. The van der Waals surface area contributed by atoms with Crippen molar-refractivity contribution in [2.75, 3.05) is 26.2 Å². The Morgan fingerprint density at radius 1 is 1.20 bits per heavy atom. The van der Waals surface area contributed by atoms with E-state index in [2.05, 4.69) is 0 Å². The van der Waals surface area contributed by atoms with Crippen LogP contribution < -0.4 is 0 Å². The second kappa shape index (κ2) is 7.23. The van der Waals surface area contributed by atoms with Gasteiger partial charge in [-0.05, 0) is 30.7 Å². The minimum absolute atomic E-state index is 0.127. The summed E-state index contributed by atoms with van der Waals surface area (Å²) < 4.78 is 33.5. The Bertz CT molecular complexity index is 728. The van der Waals surface area contributed by atoms with E-state index < -0.39 is 15.7 Å². The van der Waals surface area contributed by atoms with Gasteiger partial charge in [0.2, 0.25) is 15.9 Å². The molecule has 25 heavy (non-hydrogen) atoms. The molecule has 1 spiro atoms. The van der Waals surface area contributed by atoms with E-state index in [1.165, 1.54) is 16.4 Å². The van der Waals surface area contributed by atoms with Gasteiger partial charge < -0.3 is 9.64 Å². The lowest BCUT2D eigenvalue weighted by atomic mass is 10.0. The van der Waals surface area contributed by atoms with Crippen molar-refractivity contribution in [3.8, 4) is 0 Å². The standard InChI is InChI=1S/C17H23ClN2O4S/c1-2-3-16(21)19-10-8-17(9-11-19)20(12-13-24-17)25(22,23)15-6-4-14(18)5-7-15/h4-7H,2-3,8-13H2,1H3. The predicted molar refractivity (Wildman–Crippen MR) is 94.7 cm³/mol. The molecule has 0 aromatic heterocycles. The molecule has 0 bridgehead atoms. The molecule has 0 atom stereocenters. The summed E-state index contributed by atoms with van der Waals surface area (Å²) in [4.78, 5) is 14.1. The molecule has 0 unspecified atom stereocenters. The lowest BCUT2D eigenvalue weighted by Gasteiger charge is -2.42. The van der Waals surface area contributed by atoms with E-state index in [1.54, 1.807) is 12.1 Å². The van der Waals surface area contributed by atoms with E-state index in [0.717, 1.165) is 6.42 Å². The molecule has 0 aliphatic carbocycles. The van der Waals surface area contributed by atoms with Gasteiger partial charge in [-0.1, -0.05) is 18.5 Å². The number of piperidine rings is 1. The van der Waals surface area contributed by atoms with Crippen molar-refractivity contribution in [1.29, 1.82) is 0 Å². The number of rotatable bonds is 4. The first-order valence-electron chi connectivity index (χ1n) is 8.59. The summed E-state index contributed by atoms with van der Waals surface area (Å²) in [5.41, 5.74) is -0.846. The molecule has 0 saturated carbocycles. The van der Waals surface area contributed by atoms with Gasteiger partial charge in [-0.2, -0.15) is 4.31 Å². The molecule has 3 rings (SSSR count). The number of likely N-dealkylation sites (tertiary alicyclic amines) is 1. The molecule has 1 amide bonds. The van der Waals surface area contributed by atoms with Crippen LogP contribution in [0, 0.1) is 0 Å². The number of sulfonamides is 1. The second-order valence-corrected chi connectivity index (χ2v) is 8.76. The summed E-state index contributed by atoms with van der Waals surface area (Å²) in [5, 5.41) is 0.495. The fourth-order valence-corrected chi connectivity index (χ4v) is 5.39. The lowest BCUT2D eigenvalue weighted by molar-refractivity contribution is -0.140. The first-order valence-corrected chi connectivity index (χ1v) is 10.4. The highest BCUT2D eigenvalue weighted by Gasteiger charge is 2.50. The summed E-state index contributed by atoms with van der Waals surface area (Å²) >= 11 is 5.86. The number of halogens is 1. The van der Waals surface area contributed by atoms with Crippen molar-refractivity contribution in [2.24, 2.45) is 0 Å². The SMILES string of the molecule is CCCC(=O)N1CCC2(CC1)OCCN2S(=O)(=O)c1ccc(Cl)cc1. The summed E-state index contributed by atoms with van der Waals surface area (Å²) in [7, 11) is -3.67. The van der Waals surface area contributed by atoms with Gasteiger partial charge in [0.1, 0.15) is 5.72 Å². The third-order valence-corrected chi connectivity index (χ3v) is 7.10. The van der Waals surface area contributed by atoms with E-state index in [4.69, 9.17) is 16.3 Å². The van der Waals surface area contributed by atoms with Crippen LogP contribution in [-0.4, -0.2) is 55.5 Å². The largest absolute Gasteiger partial charge is 0.358 e. The molecular weight excluding hydrogens is 364 g/mol. The van der Waals surface area contributed by atoms with E-state index in [0.29, 0.717) is 50.5 Å². The maximum Gasteiger partial charge on any atom is 0.245 e. The fraction of sp³-hybridized carbons (Fsp3) is 0.588. The molecule has 2 aliphatic rings. The van der Waals surface area contributed by atoms with Crippen LogP contribution in [0.25, 0.3) is 0 Å². The van der Waals surface area contributed by atoms with Crippen LogP contribution in [0.2, 0.25) is 5.02 Å². The fourth-order valence-electron chi connectivity index (χ4n) is 3.54. The Balaban J connectivity index is 1.79. The molecule has 6 nitrogen and oxygen atoms in total. The Labute approximate surface area is 153 Å². The maximum absolute atomic E-state index is 13.1. The monoisotopic (exact) mass is 386 g/mol. The average Bonchev–Trinajstić information content (AvgIpc) is 3.00. The van der Waals surface area contributed by atoms with E-state index in [9.17, 15) is 13.2 Å². The van der Waals surface area contributed by atoms with Gasteiger partial charge in [0.15, 0.2) is 0 Å². The zero-order valence-corrected chi connectivity index (χ0v) is 15.9. The molecule has 1 aromatic rings. The first-order chi connectivity index (χ1) is 11.9. The van der Waals surface area contributed by atoms with Crippen molar-refractivity contribution in [3.05, 3.63) is 29.3 Å². The van der Waals surface area contributed by atoms with Crippen molar-refractivity contribution in [2.45, 2.75) is 43.2 Å². The van der Waals surface area contributed by atoms with Crippen LogP contribution in [0.5, 0.6) is 0 Å². The minimum atomic E-state index is -3.67. The van der Waals surface area contributed by atoms with E-state index in [1.807, 2.05) is 11.8 Å². The summed E-state index contributed by atoms with van der Waals surface area (Å²) in [5.74, 6) is 0.127. The van der Waals surface area contributed by atoms with Crippen LogP contribution in [0.15, 0.2) is 29.2 Å². The highest BCUT2D eigenvalue weighted by molar-refractivity contribution is 7.89. The van der Waals surface area contributed by atoms with Gasteiger partial charge in [-0.25, -0.2) is 8.42 Å². The Morgan fingerprint density at radius 3 is 2.44 bits per heavy atom. The van der Waals surface area contributed by atoms with Crippen molar-refractivity contribution in [3.63, 3.8) is 0 Å². The van der Waals surface area contributed by atoms with Crippen LogP contribution >= 0.6 is 11.6 Å². The van der Waals surface area contributed by atoms with Gasteiger partial charge in [0.05, 0.1) is 11.5 Å². The highest BCUT2D eigenvalue weighted by Crippen LogP contribution is 2.38. The predicted octanol–water partition coefficient (Wildman–Crippen LogP) is 2.48. The number of hydrogen-bond donors (Lipinski definition) is 0. The number of carbonyl (C=O) groups is 1. The van der Waals surface area contributed by atoms with Crippen molar-refractivity contribution in [1.82, 2.24) is 9.21 Å². The van der Waals surface area contributed by atoms with Gasteiger partial charge in [-0.15, -0.1) is 0 Å². The summed E-state index contributed by atoms with van der Waals surface area (Å²) in [6, 6.07) is 6.18. The Kier molecular flexibility index (Phi) is 5.39. The maximum atomic E-state index is 13.1. The number of carbonyl (C=O) groups excluding carboxylic acids is 1. The normalized spacial score (nSPS) is 21.0. The average molecular weight is 387 g/mol. The van der Waals surface area contributed by atoms with Crippen LogP contribution in [0.3, 0.4) is 0 Å². The lowest BCUT2D eigenvalue weighted by Crippen LogP contribution is -2.55. The number of benzene rings is 1. The third kappa shape index (κ3) is 3.56. The number of ether oxygens (including phenoxy) is 1. The quantitative estimate of drug-likeness (QED) is 0.797. The van der Waals surface area contributed by atoms with Crippen LogP contribution in [0.4, 0.5) is 0 Å². The molecular formula is C17H23ClN2O4S. The third-order valence-electron chi connectivity index (χ3n) is 4.88. The van der Waals surface area contributed by atoms with E-state index in [-0.39, 0.29) is 10.8 Å². The van der Waals surface area contributed by atoms with Crippen molar-refractivity contribution < 1.29 is 17.9 Å². The molecule has 2 fully saturated rings. The van der Waals surface area contributed by atoms with Gasteiger partial charge in [0, 0.05) is 43.9 Å². The molecule has 1 aromatic carbocycles. The first kappa shape index (κ1) is 18.6. The Hall–Kier alpha value is -1.15. The van der Waals surface area contributed by atoms with E-state index >= 15 is 0 Å². The number of nitrogens with zero attached hydrogens (tertiary/aromatic N) is 2. The molecule has 2 aliphatic heterocycles. The van der Waals surface area contributed by atoms with Gasteiger partial charge in [0.25, 0.3) is 0 Å².